The highest BCUT2D eigenvalue weighted by molar-refractivity contribution is 7.98. The highest BCUT2D eigenvalue weighted by atomic mass is 31.2. The van der Waals surface area contributed by atoms with Gasteiger partial charge in [0.2, 0.25) is 0 Å². The summed E-state index contributed by atoms with van der Waals surface area (Å²) in [6.07, 6.45) is 1.43. The van der Waals surface area contributed by atoms with Crippen LogP contribution in [0.4, 0.5) is 0 Å². The first kappa shape index (κ1) is 31.8. The largest absolute Gasteiger partial charge is 0.873 e. The Balaban J connectivity index is 1.37. The molecular weight excluding hydrogens is 622 g/mol. The van der Waals surface area contributed by atoms with E-state index in [2.05, 4.69) is 146 Å². The van der Waals surface area contributed by atoms with E-state index in [0.717, 1.165) is 31.8 Å². The molecule has 7 rings (SSSR count). The molecule has 0 N–H and O–H groups in total. The smallest absolute Gasteiger partial charge is 0.136 e. The quantitative estimate of drug-likeness (QED) is 0.126. The van der Waals surface area contributed by atoms with Gasteiger partial charge in [-0.3, -0.25) is 0 Å². The number of allylic oxidation sites excluding steroid dienone is 2. The third-order valence-corrected chi connectivity index (χ3v) is 17.6. The molecule has 1 fully saturated rings. The van der Waals surface area contributed by atoms with Gasteiger partial charge >= 0.3 is 0 Å². The van der Waals surface area contributed by atoms with Crippen LogP contribution in [0.15, 0.2) is 205 Å². The van der Waals surface area contributed by atoms with E-state index in [1.54, 1.807) is 0 Å². The second-order valence-corrected chi connectivity index (χ2v) is 18.8. The van der Waals surface area contributed by atoms with Crippen molar-refractivity contribution in [1.82, 2.24) is 0 Å². The Hall–Kier alpha value is -4.74. The van der Waals surface area contributed by atoms with E-state index in [1.165, 1.54) is 0 Å². The van der Waals surface area contributed by atoms with Gasteiger partial charge in [-0.1, -0.05) is 121 Å². The van der Waals surface area contributed by atoms with Crippen LogP contribution in [0.2, 0.25) is 0 Å². The van der Waals surface area contributed by atoms with Crippen LogP contribution < -0.4 is 42.0 Å². The minimum Gasteiger partial charge on any atom is -0.873 e. The van der Waals surface area contributed by atoms with E-state index in [-0.39, 0.29) is 23.4 Å². The summed E-state index contributed by atoms with van der Waals surface area (Å²) >= 11 is 0. The number of hydrogen-bond acceptors (Lipinski definition) is 2. The fourth-order valence-corrected chi connectivity index (χ4v) is 14.8. The van der Waals surface area contributed by atoms with Gasteiger partial charge in [-0.2, -0.15) is 0 Å². The molecule has 0 amide bonds. The summed E-state index contributed by atoms with van der Waals surface area (Å²) in [5.41, 5.74) is 0. The van der Waals surface area contributed by atoms with Crippen molar-refractivity contribution < 1.29 is 10.2 Å². The maximum Gasteiger partial charge on any atom is 0.136 e. The second kappa shape index (κ2) is 14.2. The molecule has 1 aliphatic rings. The third kappa shape index (κ3) is 5.92. The van der Waals surface area contributed by atoms with Crippen LogP contribution in [0.25, 0.3) is 0 Å². The summed E-state index contributed by atoms with van der Waals surface area (Å²) in [7, 11) is -4.95. The lowest BCUT2D eigenvalue weighted by Gasteiger charge is -2.45. The molecule has 6 aromatic carbocycles. The van der Waals surface area contributed by atoms with Gasteiger partial charge in [0.1, 0.15) is 46.4 Å². The fraction of sp³-hybridized carbons (Fsp3) is 0.0909. The molecule has 0 aliphatic heterocycles. The lowest BCUT2D eigenvalue weighted by atomic mass is 9.72. The molecule has 0 spiro atoms. The summed E-state index contributed by atoms with van der Waals surface area (Å²) in [5.74, 6) is 3.47. The van der Waals surface area contributed by atoms with Crippen molar-refractivity contribution in [2.24, 2.45) is 11.8 Å². The first-order chi connectivity index (χ1) is 23.6. The van der Waals surface area contributed by atoms with Crippen LogP contribution in [0, 0.1) is 11.8 Å². The Morgan fingerprint density at radius 3 is 0.708 bits per heavy atom. The molecule has 48 heavy (non-hydrogen) atoms. The van der Waals surface area contributed by atoms with Crippen molar-refractivity contribution in [3.63, 3.8) is 0 Å². The first-order valence-corrected chi connectivity index (χ1v) is 20.3. The SMILES string of the molecule is [O-]/C(=C\[P+](c1ccccc1)(c1ccccc1)c1ccccc1)[C@H]1CC[C@H]1/C([O-])=C/[P+](c1ccccc1)(c1ccccc1)c1ccccc1. The summed E-state index contributed by atoms with van der Waals surface area (Å²) in [4.78, 5) is 0. The van der Waals surface area contributed by atoms with E-state index in [9.17, 15) is 10.2 Å². The highest BCUT2D eigenvalue weighted by Crippen LogP contribution is 2.61. The zero-order valence-electron chi connectivity index (χ0n) is 26.8. The van der Waals surface area contributed by atoms with Gasteiger partial charge in [0.25, 0.3) is 0 Å². The first-order valence-electron chi connectivity index (χ1n) is 16.5. The lowest BCUT2D eigenvalue weighted by molar-refractivity contribution is -0.344. The average Bonchev–Trinajstić information content (AvgIpc) is 3.14. The van der Waals surface area contributed by atoms with Crippen molar-refractivity contribution in [1.29, 1.82) is 0 Å². The molecule has 2 atom stereocenters. The molecular formula is C44H38O2P2. The van der Waals surface area contributed by atoms with Gasteiger partial charge in [0, 0.05) is 0 Å². The average molecular weight is 661 g/mol. The highest BCUT2D eigenvalue weighted by Gasteiger charge is 2.46. The van der Waals surface area contributed by atoms with Gasteiger partial charge < -0.3 is 10.2 Å². The van der Waals surface area contributed by atoms with E-state index in [0.29, 0.717) is 12.8 Å². The maximum absolute atomic E-state index is 14.7. The standard InChI is InChI=1S/C44H38O2P2/c45-43(33-47(35-19-7-1-8-20-35,36-21-9-2-10-22-36)37-23-11-3-12-24-37)41-31-32-42(41)44(46)34-48(38-25-13-4-14-26-38,39-27-15-5-16-28-39)40-29-17-6-18-30-40/h1-30,33-34,41-42H,31-32H2/b43-33-,44-34-/t41-,42+. The number of benzene rings is 6. The Labute approximate surface area is 285 Å². The Kier molecular flexibility index (Phi) is 9.40. The van der Waals surface area contributed by atoms with Crippen LogP contribution in [-0.2, 0) is 0 Å². The van der Waals surface area contributed by atoms with Gasteiger partial charge in [0.15, 0.2) is 0 Å². The molecule has 0 bridgehead atoms. The molecule has 1 saturated carbocycles. The van der Waals surface area contributed by atoms with Crippen LogP contribution >= 0.6 is 14.5 Å². The van der Waals surface area contributed by atoms with Gasteiger partial charge in [-0.25, -0.2) is 0 Å². The van der Waals surface area contributed by atoms with E-state index >= 15 is 0 Å². The molecule has 6 aromatic rings. The summed E-state index contributed by atoms with van der Waals surface area (Å²) < 4.78 is 0. The van der Waals surface area contributed by atoms with Crippen molar-refractivity contribution in [2.75, 3.05) is 0 Å². The predicted octanol–water partition coefficient (Wildman–Crippen LogP) is 6.40. The summed E-state index contributed by atoms with van der Waals surface area (Å²) in [5, 5.41) is 36.1. The summed E-state index contributed by atoms with van der Waals surface area (Å²) in [6.45, 7) is 0. The molecule has 0 heterocycles. The van der Waals surface area contributed by atoms with Gasteiger partial charge in [-0.15, -0.1) is 0 Å². The van der Waals surface area contributed by atoms with Crippen molar-refractivity contribution >= 4 is 46.4 Å². The summed E-state index contributed by atoms with van der Waals surface area (Å²) in [6, 6.07) is 62.5. The van der Waals surface area contributed by atoms with Gasteiger partial charge in [-0.05, 0) is 97.5 Å². The molecule has 4 heteroatoms. The topological polar surface area (TPSA) is 46.1 Å². The van der Waals surface area contributed by atoms with Crippen molar-refractivity contribution in [3.8, 4) is 0 Å². The Morgan fingerprint density at radius 1 is 0.354 bits per heavy atom. The maximum atomic E-state index is 14.7. The van der Waals surface area contributed by atoms with Crippen molar-refractivity contribution in [2.45, 2.75) is 12.8 Å². The third-order valence-electron chi connectivity index (χ3n) is 9.63. The minimum absolute atomic E-state index is 0.0703. The monoisotopic (exact) mass is 660 g/mol. The lowest BCUT2D eigenvalue weighted by Crippen LogP contribution is -2.39. The Morgan fingerprint density at radius 2 is 0.542 bits per heavy atom. The fourth-order valence-electron chi connectivity index (χ4n) is 7.07. The van der Waals surface area contributed by atoms with Crippen LogP contribution in [0.1, 0.15) is 12.8 Å². The van der Waals surface area contributed by atoms with E-state index in [4.69, 9.17) is 0 Å². The molecule has 0 saturated heterocycles. The van der Waals surface area contributed by atoms with Gasteiger partial charge in [0.05, 0.1) is 11.6 Å². The molecule has 0 radical (unpaired) electrons. The van der Waals surface area contributed by atoms with E-state index < -0.39 is 14.5 Å². The normalized spacial score (nSPS) is 17.0. The van der Waals surface area contributed by atoms with Crippen LogP contribution in [0.5, 0.6) is 0 Å². The molecule has 2 nitrogen and oxygen atoms in total. The number of hydrogen-bond donors (Lipinski definition) is 0. The zero-order valence-corrected chi connectivity index (χ0v) is 28.5. The number of rotatable bonds is 10. The van der Waals surface area contributed by atoms with Crippen LogP contribution in [0.3, 0.4) is 0 Å². The molecule has 0 aromatic heterocycles. The van der Waals surface area contributed by atoms with Crippen molar-refractivity contribution in [3.05, 3.63) is 205 Å². The molecule has 1 aliphatic carbocycles. The Bertz CT molecular complexity index is 1640. The van der Waals surface area contributed by atoms with Crippen LogP contribution in [-0.4, -0.2) is 0 Å². The van der Waals surface area contributed by atoms with E-state index in [1.807, 2.05) is 48.0 Å². The minimum atomic E-state index is -2.47. The zero-order chi connectivity index (χ0) is 32.8. The second-order valence-electron chi connectivity index (χ2n) is 12.3. The predicted molar refractivity (Wildman–Crippen MR) is 203 cm³/mol. The molecule has 236 valence electrons. The molecule has 0 unspecified atom stereocenters.